The Hall–Kier alpha value is 0. The molecule has 0 bridgehead atoms. The lowest BCUT2D eigenvalue weighted by Gasteiger charge is -2.13. The first kappa shape index (κ1) is 12.0. The summed E-state index contributed by atoms with van der Waals surface area (Å²) < 4.78 is 0. The van der Waals surface area contributed by atoms with Gasteiger partial charge in [-0.05, 0) is 11.8 Å². The molecule has 74 valence electrons. The van der Waals surface area contributed by atoms with Crippen molar-refractivity contribution in [3.05, 3.63) is 0 Å². The predicted molar refractivity (Wildman–Crippen MR) is 57.4 cm³/mol. The fourth-order valence-corrected chi connectivity index (χ4v) is 1.47. The molecule has 0 aromatic rings. The molecule has 0 unspecified atom stereocenters. The molecule has 0 N–H and O–H groups in total. The zero-order valence-electron chi connectivity index (χ0n) is 9.40. The summed E-state index contributed by atoms with van der Waals surface area (Å²) in [7, 11) is 0. The van der Waals surface area contributed by atoms with Crippen LogP contribution in [0.15, 0.2) is 0 Å². The SMILES string of the molecule is CCCC[C@H](C)CC[C@H](C)CC. The second kappa shape index (κ2) is 7.64. The highest BCUT2D eigenvalue weighted by atomic mass is 14.1. The fourth-order valence-electron chi connectivity index (χ4n) is 1.47. The monoisotopic (exact) mass is 170 g/mol. The Bertz CT molecular complexity index is 86.0. The Morgan fingerprint density at radius 1 is 0.833 bits per heavy atom. The van der Waals surface area contributed by atoms with Gasteiger partial charge in [0.05, 0.1) is 0 Å². The quantitative estimate of drug-likeness (QED) is 0.522. The van der Waals surface area contributed by atoms with Crippen LogP contribution in [0.5, 0.6) is 0 Å². The highest BCUT2D eigenvalue weighted by Gasteiger charge is 2.04. The fraction of sp³-hybridized carbons (Fsp3) is 1.00. The Labute approximate surface area is 78.8 Å². The van der Waals surface area contributed by atoms with E-state index in [0.29, 0.717) is 0 Å². The van der Waals surface area contributed by atoms with Crippen molar-refractivity contribution in [3.8, 4) is 0 Å². The highest BCUT2D eigenvalue weighted by Crippen LogP contribution is 2.18. The molecule has 0 amide bonds. The smallest absolute Gasteiger partial charge is 0.0443 e. The maximum atomic E-state index is 2.40. The molecule has 0 rings (SSSR count). The third-order valence-corrected chi connectivity index (χ3v) is 2.90. The van der Waals surface area contributed by atoms with Gasteiger partial charge in [-0.3, -0.25) is 0 Å². The molecular weight excluding hydrogens is 144 g/mol. The van der Waals surface area contributed by atoms with Gasteiger partial charge >= 0.3 is 0 Å². The van der Waals surface area contributed by atoms with Crippen molar-refractivity contribution >= 4 is 0 Å². The van der Waals surface area contributed by atoms with E-state index >= 15 is 0 Å². The highest BCUT2D eigenvalue weighted by molar-refractivity contribution is 4.57. The van der Waals surface area contributed by atoms with Crippen molar-refractivity contribution in [1.82, 2.24) is 0 Å². The first-order valence-electron chi connectivity index (χ1n) is 5.70. The van der Waals surface area contributed by atoms with Crippen LogP contribution < -0.4 is 0 Å². The molecule has 0 fully saturated rings. The van der Waals surface area contributed by atoms with Crippen molar-refractivity contribution in [3.63, 3.8) is 0 Å². The lowest BCUT2D eigenvalue weighted by molar-refractivity contribution is 0.398. The molecule has 0 aliphatic rings. The average Bonchev–Trinajstić information content (AvgIpc) is 2.10. The van der Waals surface area contributed by atoms with Gasteiger partial charge in [-0.15, -0.1) is 0 Å². The summed E-state index contributed by atoms with van der Waals surface area (Å²) in [6.45, 7) is 9.34. The molecule has 0 aromatic carbocycles. The molecule has 12 heavy (non-hydrogen) atoms. The van der Waals surface area contributed by atoms with E-state index in [-0.39, 0.29) is 0 Å². The van der Waals surface area contributed by atoms with E-state index in [1.165, 1.54) is 38.5 Å². The average molecular weight is 170 g/mol. The Morgan fingerprint density at radius 3 is 1.92 bits per heavy atom. The Morgan fingerprint density at radius 2 is 1.42 bits per heavy atom. The lowest BCUT2D eigenvalue weighted by Crippen LogP contribution is -1.99. The lowest BCUT2D eigenvalue weighted by atomic mass is 9.93. The summed E-state index contributed by atoms with van der Waals surface area (Å²) in [5.41, 5.74) is 0. The van der Waals surface area contributed by atoms with E-state index in [0.717, 1.165) is 11.8 Å². The van der Waals surface area contributed by atoms with Crippen LogP contribution in [0.1, 0.15) is 66.2 Å². The number of rotatable bonds is 7. The summed E-state index contributed by atoms with van der Waals surface area (Å²) in [4.78, 5) is 0. The summed E-state index contributed by atoms with van der Waals surface area (Å²) in [5.74, 6) is 1.90. The summed E-state index contributed by atoms with van der Waals surface area (Å²) in [6.07, 6.45) is 8.43. The van der Waals surface area contributed by atoms with Crippen molar-refractivity contribution < 1.29 is 0 Å². The van der Waals surface area contributed by atoms with Crippen LogP contribution in [-0.4, -0.2) is 0 Å². The first-order valence-corrected chi connectivity index (χ1v) is 5.70. The topological polar surface area (TPSA) is 0 Å². The van der Waals surface area contributed by atoms with Crippen LogP contribution in [0.4, 0.5) is 0 Å². The van der Waals surface area contributed by atoms with Crippen molar-refractivity contribution in [2.45, 2.75) is 66.2 Å². The standard InChI is InChI=1S/C12H26/c1-5-7-8-12(4)10-9-11(3)6-2/h11-12H,5-10H2,1-4H3/t11-,12+/m1/s1. The molecule has 0 aliphatic carbocycles. The molecule has 0 radical (unpaired) electrons. The molecule has 0 spiro atoms. The molecule has 0 heteroatoms. The van der Waals surface area contributed by atoms with E-state index in [1.54, 1.807) is 0 Å². The van der Waals surface area contributed by atoms with Crippen molar-refractivity contribution in [2.24, 2.45) is 11.8 Å². The van der Waals surface area contributed by atoms with E-state index in [1.807, 2.05) is 0 Å². The number of hydrogen-bond acceptors (Lipinski definition) is 0. The first-order chi connectivity index (χ1) is 5.70. The van der Waals surface area contributed by atoms with Crippen LogP contribution in [0.2, 0.25) is 0 Å². The van der Waals surface area contributed by atoms with Crippen LogP contribution in [0, 0.1) is 11.8 Å². The minimum atomic E-state index is 0.939. The van der Waals surface area contributed by atoms with Crippen molar-refractivity contribution in [2.75, 3.05) is 0 Å². The second-order valence-corrected chi connectivity index (χ2v) is 4.34. The Kier molecular flexibility index (Phi) is 7.64. The van der Waals surface area contributed by atoms with E-state index in [4.69, 9.17) is 0 Å². The molecule has 0 heterocycles. The van der Waals surface area contributed by atoms with Gasteiger partial charge in [-0.1, -0.05) is 66.2 Å². The van der Waals surface area contributed by atoms with Crippen LogP contribution in [0.3, 0.4) is 0 Å². The van der Waals surface area contributed by atoms with E-state index in [9.17, 15) is 0 Å². The maximum absolute atomic E-state index is 2.40. The van der Waals surface area contributed by atoms with E-state index < -0.39 is 0 Å². The van der Waals surface area contributed by atoms with Gasteiger partial charge in [0.1, 0.15) is 0 Å². The number of unbranched alkanes of at least 4 members (excludes halogenated alkanes) is 1. The summed E-state index contributed by atoms with van der Waals surface area (Å²) >= 11 is 0. The summed E-state index contributed by atoms with van der Waals surface area (Å²) in [5, 5.41) is 0. The predicted octanol–water partition coefficient (Wildman–Crippen LogP) is 4.64. The molecular formula is C12H26. The van der Waals surface area contributed by atoms with Gasteiger partial charge in [0.15, 0.2) is 0 Å². The molecule has 0 saturated carbocycles. The normalized spacial score (nSPS) is 16.0. The molecule has 2 atom stereocenters. The largest absolute Gasteiger partial charge is 0.0654 e. The third kappa shape index (κ3) is 6.69. The van der Waals surface area contributed by atoms with Gasteiger partial charge in [0, 0.05) is 0 Å². The molecule has 0 saturated heterocycles. The zero-order valence-corrected chi connectivity index (χ0v) is 9.40. The molecule has 0 aliphatic heterocycles. The van der Waals surface area contributed by atoms with Gasteiger partial charge < -0.3 is 0 Å². The van der Waals surface area contributed by atoms with Gasteiger partial charge in [-0.25, -0.2) is 0 Å². The minimum Gasteiger partial charge on any atom is -0.0654 e. The van der Waals surface area contributed by atoms with Crippen LogP contribution in [-0.2, 0) is 0 Å². The molecule has 0 nitrogen and oxygen atoms in total. The number of hydrogen-bond donors (Lipinski definition) is 0. The Balaban J connectivity index is 3.24. The van der Waals surface area contributed by atoms with Crippen LogP contribution in [0.25, 0.3) is 0 Å². The molecule has 0 aromatic heterocycles. The van der Waals surface area contributed by atoms with Gasteiger partial charge in [0.2, 0.25) is 0 Å². The zero-order chi connectivity index (χ0) is 9.40. The second-order valence-electron chi connectivity index (χ2n) is 4.34. The minimum absolute atomic E-state index is 0.939. The van der Waals surface area contributed by atoms with E-state index in [2.05, 4.69) is 27.7 Å². The third-order valence-electron chi connectivity index (χ3n) is 2.90. The van der Waals surface area contributed by atoms with Gasteiger partial charge in [-0.2, -0.15) is 0 Å². The van der Waals surface area contributed by atoms with Gasteiger partial charge in [0.25, 0.3) is 0 Å². The van der Waals surface area contributed by atoms with Crippen LogP contribution >= 0.6 is 0 Å². The summed E-state index contributed by atoms with van der Waals surface area (Å²) in [6, 6.07) is 0. The maximum Gasteiger partial charge on any atom is -0.0443 e. The van der Waals surface area contributed by atoms with Crippen molar-refractivity contribution in [1.29, 1.82) is 0 Å².